The third-order valence-electron chi connectivity index (χ3n) is 4.10. The van der Waals surface area contributed by atoms with Crippen molar-refractivity contribution in [3.05, 3.63) is 73.5 Å². The van der Waals surface area contributed by atoms with Crippen molar-refractivity contribution in [2.24, 2.45) is 4.99 Å². The average Bonchev–Trinajstić information content (AvgIpc) is 3.33. The lowest BCUT2D eigenvalue weighted by molar-refractivity contribution is -0.385. The number of imidazole rings is 1. The van der Waals surface area contributed by atoms with Gasteiger partial charge in [0.25, 0.3) is 0 Å². The van der Waals surface area contributed by atoms with Crippen molar-refractivity contribution in [3.8, 4) is 17.2 Å². The first-order valence-electron chi connectivity index (χ1n) is 8.25. The van der Waals surface area contributed by atoms with Gasteiger partial charge in [0.1, 0.15) is 5.65 Å². The van der Waals surface area contributed by atoms with Crippen LogP contribution in [0.25, 0.3) is 17.1 Å². The number of nitro benzene ring substituents is 1. The number of ether oxygens (including phenoxy) is 1. The second kappa shape index (κ2) is 7.80. The Kier molecular flexibility index (Phi) is 5.20. The molecule has 0 radical (unpaired) electrons. The first-order chi connectivity index (χ1) is 14.0. The Hall–Kier alpha value is -2.98. The molecule has 0 aliphatic heterocycles. The lowest BCUT2D eigenvalue weighted by atomic mass is 10.2. The van der Waals surface area contributed by atoms with Crippen LogP contribution in [0.3, 0.4) is 0 Å². The molecule has 0 spiro atoms. The maximum absolute atomic E-state index is 11.4. The van der Waals surface area contributed by atoms with E-state index in [1.165, 1.54) is 19.4 Å². The minimum Gasteiger partial charge on any atom is -0.490 e. The number of fused-ring (bicyclic) bond motifs is 1. The predicted octanol–water partition coefficient (Wildman–Crippen LogP) is 5.79. The molecule has 29 heavy (non-hydrogen) atoms. The normalized spacial score (nSPS) is 11.4. The SMILES string of the molecule is COc1c(C=Nc2c(-c3ccco3)nc3ccc(Br)cn23)cc(Br)cc1[N+](=O)[O-]. The van der Waals surface area contributed by atoms with Crippen molar-refractivity contribution in [3.63, 3.8) is 0 Å². The molecule has 3 aromatic heterocycles. The Morgan fingerprint density at radius 1 is 1.28 bits per heavy atom. The molecule has 0 saturated heterocycles. The lowest BCUT2D eigenvalue weighted by Gasteiger charge is -2.06. The third kappa shape index (κ3) is 3.68. The molecule has 146 valence electrons. The molecule has 3 heterocycles. The number of methoxy groups -OCH3 is 1. The van der Waals surface area contributed by atoms with Crippen LogP contribution in [0.15, 0.2) is 67.2 Å². The molecule has 0 unspecified atom stereocenters. The summed E-state index contributed by atoms with van der Waals surface area (Å²) in [6, 6.07) is 10.4. The second-order valence-electron chi connectivity index (χ2n) is 5.90. The third-order valence-corrected chi connectivity index (χ3v) is 5.03. The van der Waals surface area contributed by atoms with Gasteiger partial charge >= 0.3 is 5.69 Å². The topological polar surface area (TPSA) is 95.2 Å². The fraction of sp³-hybridized carbons (Fsp3) is 0.0526. The largest absolute Gasteiger partial charge is 0.490 e. The van der Waals surface area contributed by atoms with Gasteiger partial charge in [0.2, 0.25) is 5.75 Å². The number of hydrogen-bond acceptors (Lipinski definition) is 6. The van der Waals surface area contributed by atoms with Crippen LogP contribution in [0.1, 0.15) is 5.56 Å². The van der Waals surface area contributed by atoms with E-state index in [1.54, 1.807) is 28.9 Å². The first-order valence-corrected chi connectivity index (χ1v) is 9.84. The Labute approximate surface area is 181 Å². The standard InChI is InChI=1S/C19H12Br2N4O4/c1-28-18-11(7-13(21)8-14(18)25(26)27)9-22-19-17(15-3-2-6-29-15)23-16-5-4-12(20)10-24(16)19/h2-10H,1H3. The highest BCUT2D eigenvalue weighted by atomic mass is 79.9. The molecular weight excluding hydrogens is 508 g/mol. The number of nitro groups is 1. The van der Waals surface area contributed by atoms with Gasteiger partial charge in [-0.25, -0.2) is 9.98 Å². The minimum absolute atomic E-state index is 0.122. The van der Waals surface area contributed by atoms with Gasteiger partial charge in [0, 0.05) is 33.0 Å². The molecule has 0 fully saturated rings. The molecule has 4 aromatic rings. The molecule has 0 amide bonds. The minimum atomic E-state index is -0.499. The van der Waals surface area contributed by atoms with Gasteiger partial charge < -0.3 is 9.15 Å². The summed E-state index contributed by atoms with van der Waals surface area (Å²) in [6.45, 7) is 0. The molecule has 0 N–H and O–H groups in total. The van der Waals surface area contributed by atoms with E-state index in [2.05, 4.69) is 41.8 Å². The Bertz CT molecular complexity index is 1250. The van der Waals surface area contributed by atoms with Crippen LogP contribution in [0, 0.1) is 10.1 Å². The zero-order valence-corrected chi connectivity index (χ0v) is 18.0. The van der Waals surface area contributed by atoms with Crippen LogP contribution in [0.4, 0.5) is 11.5 Å². The number of halogens is 2. The van der Waals surface area contributed by atoms with Gasteiger partial charge in [0.05, 0.1) is 18.3 Å². The maximum Gasteiger partial charge on any atom is 0.312 e. The number of hydrogen-bond donors (Lipinski definition) is 0. The Morgan fingerprint density at radius 3 is 2.79 bits per heavy atom. The van der Waals surface area contributed by atoms with Crippen LogP contribution in [0.2, 0.25) is 0 Å². The fourth-order valence-electron chi connectivity index (χ4n) is 2.89. The highest BCUT2D eigenvalue weighted by molar-refractivity contribution is 9.10. The van der Waals surface area contributed by atoms with Gasteiger partial charge in [-0.05, 0) is 46.3 Å². The van der Waals surface area contributed by atoms with E-state index < -0.39 is 4.92 Å². The highest BCUT2D eigenvalue weighted by Gasteiger charge is 2.20. The summed E-state index contributed by atoms with van der Waals surface area (Å²) in [5.41, 5.74) is 1.52. The second-order valence-corrected chi connectivity index (χ2v) is 7.73. The molecule has 0 aliphatic rings. The van der Waals surface area contributed by atoms with Gasteiger partial charge in [-0.1, -0.05) is 15.9 Å². The molecule has 0 aliphatic carbocycles. The van der Waals surface area contributed by atoms with Gasteiger partial charge in [-0.2, -0.15) is 0 Å². The van der Waals surface area contributed by atoms with Crippen molar-refractivity contribution in [2.75, 3.05) is 7.11 Å². The summed E-state index contributed by atoms with van der Waals surface area (Å²) in [6.07, 6.45) is 4.90. The van der Waals surface area contributed by atoms with Crippen LogP contribution in [-0.2, 0) is 0 Å². The summed E-state index contributed by atoms with van der Waals surface area (Å²) in [7, 11) is 1.38. The maximum atomic E-state index is 11.4. The monoisotopic (exact) mass is 518 g/mol. The molecule has 8 nitrogen and oxygen atoms in total. The van der Waals surface area contributed by atoms with E-state index in [0.717, 1.165) is 4.47 Å². The van der Waals surface area contributed by atoms with E-state index >= 15 is 0 Å². The van der Waals surface area contributed by atoms with Gasteiger partial charge in [0.15, 0.2) is 17.3 Å². The van der Waals surface area contributed by atoms with Crippen LogP contribution in [-0.4, -0.2) is 27.6 Å². The van der Waals surface area contributed by atoms with Crippen molar-refractivity contribution < 1.29 is 14.1 Å². The van der Waals surface area contributed by atoms with Crippen molar-refractivity contribution in [1.29, 1.82) is 0 Å². The van der Waals surface area contributed by atoms with Crippen LogP contribution >= 0.6 is 31.9 Å². The quantitative estimate of drug-likeness (QED) is 0.189. The number of aliphatic imine (C=N–C) groups is 1. The van der Waals surface area contributed by atoms with Gasteiger partial charge in [-0.15, -0.1) is 0 Å². The summed E-state index contributed by atoms with van der Waals surface area (Å²) in [5.74, 6) is 1.20. The summed E-state index contributed by atoms with van der Waals surface area (Å²) < 4.78 is 14.0. The van der Waals surface area contributed by atoms with Crippen molar-refractivity contribution >= 4 is 55.2 Å². The van der Waals surface area contributed by atoms with Crippen LogP contribution in [0.5, 0.6) is 5.75 Å². The molecule has 0 saturated carbocycles. The molecular formula is C19H12Br2N4O4. The number of benzene rings is 1. The zero-order valence-electron chi connectivity index (χ0n) is 14.9. The summed E-state index contributed by atoms with van der Waals surface area (Å²) >= 11 is 6.75. The first kappa shape index (κ1) is 19.3. The molecule has 4 rings (SSSR count). The number of nitrogens with zero attached hydrogens (tertiary/aromatic N) is 4. The Morgan fingerprint density at radius 2 is 2.10 bits per heavy atom. The average molecular weight is 520 g/mol. The lowest BCUT2D eigenvalue weighted by Crippen LogP contribution is -1.98. The van der Waals surface area contributed by atoms with Crippen LogP contribution < -0.4 is 4.74 Å². The van der Waals surface area contributed by atoms with Crippen molar-refractivity contribution in [1.82, 2.24) is 9.38 Å². The Balaban J connectivity index is 1.91. The number of rotatable bonds is 5. The smallest absolute Gasteiger partial charge is 0.312 e. The predicted molar refractivity (Wildman–Crippen MR) is 115 cm³/mol. The van der Waals surface area contributed by atoms with E-state index in [-0.39, 0.29) is 11.4 Å². The van der Waals surface area contributed by atoms with E-state index in [0.29, 0.717) is 33.0 Å². The van der Waals surface area contributed by atoms with E-state index in [9.17, 15) is 10.1 Å². The molecule has 10 heteroatoms. The number of aromatic nitrogens is 2. The van der Waals surface area contributed by atoms with Crippen molar-refractivity contribution in [2.45, 2.75) is 0 Å². The van der Waals surface area contributed by atoms with E-state index in [4.69, 9.17) is 9.15 Å². The number of furan rings is 1. The van der Waals surface area contributed by atoms with E-state index in [1.807, 2.05) is 18.3 Å². The van der Waals surface area contributed by atoms with Gasteiger partial charge in [-0.3, -0.25) is 14.5 Å². The molecule has 0 atom stereocenters. The zero-order chi connectivity index (χ0) is 20.5. The summed E-state index contributed by atoms with van der Waals surface area (Å²) in [4.78, 5) is 20.1. The fourth-order valence-corrected chi connectivity index (χ4v) is 3.69. The summed E-state index contributed by atoms with van der Waals surface area (Å²) in [5, 5.41) is 11.4. The molecule has 1 aromatic carbocycles. The number of pyridine rings is 1. The molecule has 0 bridgehead atoms. The highest BCUT2D eigenvalue weighted by Crippen LogP contribution is 2.35.